The third-order valence-electron chi connectivity index (χ3n) is 3.09. The van der Waals surface area contributed by atoms with Gasteiger partial charge in [-0.2, -0.15) is 0 Å². The molecule has 0 aliphatic rings. The van der Waals surface area contributed by atoms with Gasteiger partial charge in [0.15, 0.2) is 5.78 Å². The number of nitrogens with zero attached hydrogens (tertiary/aromatic N) is 1. The summed E-state index contributed by atoms with van der Waals surface area (Å²) in [6.45, 7) is 2.61. The first-order valence-corrected chi connectivity index (χ1v) is 6.34. The van der Waals surface area contributed by atoms with E-state index in [-0.39, 0.29) is 18.7 Å². The summed E-state index contributed by atoms with van der Waals surface area (Å²) < 4.78 is 31.4. The summed E-state index contributed by atoms with van der Waals surface area (Å²) in [6.07, 6.45) is 0. The summed E-state index contributed by atoms with van der Waals surface area (Å²) >= 11 is 0. The van der Waals surface area contributed by atoms with Crippen LogP contribution in [-0.4, -0.2) is 55.2 Å². The van der Waals surface area contributed by atoms with E-state index < -0.39 is 23.5 Å². The number of ether oxygens (including phenoxy) is 1. The van der Waals surface area contributed by atoms with Crippen molar-refractivity contribution in [2.75, 3.05) is 33.4 Å². The summed E-state index contributed by atoms with van der Waals surface area (Å²) in [5.41, 5.74) is -0.153. The monoisotopic (exact) mass is 287 g/mol. The fourth-order valence-electron chi connectivity index (χ4n) is 1.92. The number of rotatable bonds is 8. The molecule has 1 atom stereocenters. The van der Waals surface area contributed by atoms with Crippen LogP contribution in [-0.2, 0) is 4.74 Å². The van der Waals surface area contributed by atoms with Gasteiger partial charge < -0.3 is 9.84 Å². The van der Waals surface area contributed by atoms with E-state index in [2.05, 4.69) is 0 Å². The van der Waals surface area contributed by atoms with Crippen molar-refractivity contribution in [3.63, 3.8) is 0 Å². The second-order valence-corrected chi connectivity index (χ2v) is 4.42. The zero-order valence-corrected chi connectivity index (χ0v) is 11.6. The van der Waals surface area contributed by atoms with Gasteiger partial charge in [0.1, 0.15) is 11.6 Å². The number of hydrogen-bond acceptors (Lipinski definition) is 4. The van der Waals surface area contributed by atoms with Crippen molar-refractivity contribution in [3.05, 3.63) is 35.4 Å². The molecule has 0 amide bonds. The van der Waals surface area contributed by atoms with E-state index in [0.29, 0.717) is 19.2 Å². The van der Waals surface area contributed by atoms with E-state index in [1.54, 1.807) is 11.8 Å². The molecule has 1 aromatic rings. The van der Waals surface area contributed by atoms with Crippen molar-refractivity contribution in [3.8, 4) is 0 Å². The Bertz CT molecular complexity index is 454. The smallest absolute Gasteiger partial charge is 0.182 e. The Morgan fingerprint density at radius 1 is 1.40 bits per heavy atom. The highest BCUT2D eigenvalue weighted by molar-refractivity contribution is 6.00. The quantitative estimate of drug-likeness (QED) is 0.736. The molecule has 0 bridgehead atoms. The van der Waals surface area contributed by atoms with E-state index in [1.165, 1.54) is 7.11 Å². The highest BCUT2D eigenvalue weighted by atomic mass is 19.1. The van der Waals surface area contributed by atoms with Crippen LogP contribution in [0.1, 0.15) is 17.3 Å². The minimum absolute atomic E-state index is 0.118. The van der Waals surface area contributed by atoms with Gasteiger partial charge in [0.05, 0.1) is 24.8 Å². The standard InChI is InChI=1S/C14H19F2NO3/c1-10(17(5-7-18)6-8-20-2)14(19)12-4-3-11(15)9-13(12)16/h3-4,9-10,18H,5-8H2,1-2H3. The molecule has 0 saturated heterocycles. The van der Waals surface area contributed by atoms with Crippen molar-refractivity contribution >= 4 is 5.78 Å². The summed E-state index contributed by atoms with van der Waals surface area (Å²) in [7, 11) is 1.53. The second-order valence-electron chi connectivity index (χ2n) is 4.42. The van der Waals surface area contributed by atoms with E-state index >= 15 is 0 Å². The number of carbonyl (C=O) groups is 1. The van der Waals surface area contributed by atoms with Gasteiger partial charge in [-0.3, -0.25) is 9.69 Å². The third-order valence-corrected chi connectivity index (χ3v) is 3.09. The number of aliphatic hydroxyl groups excluding tert-OH is 1. The molecule has 112 valence electrons. The summed E-state index contributed by atoms with van der Waals surface area (Å²) in [4.78, 5) is 13.9. The average molecular weight is 287 g/mol. The highest BCUT2D eigenvalue weighted by Crippen LogP contribution is 2.14. The number of carbonyl (C=O) groups excluding carboxylic acids is 1. The van der Waals surface area contributed by atoms with Gasteiger partial charge in [-0.25, -0.2) is 8.78 Å². The first kappa shape index (κ1) is 16.7. The van der Waals surface area contributed by atoms with Crippen LogP contribution in [0, 0.1) is 11.6 Å². The maximum Gasteiger partial charge on any atom is 0.182 e. The number of aliphatic hydroxyl groups is 1. The third kappa shape index (κ3) is 4.33. The Balaban J connectivity index is 2.86. The Hall–Kier alpha value is -1.37. The molecule has 0 heterocycles. The lowest BCUT2D eigenvalue weighted by molar-refractivity contribution is 0.0727. The predicted octanol–water partition coefficient (Wildman–Crippen LogP) is 1.48. The van der Waals surface area contributed by atoms with Crippen LogP contribution < -0.4 is 0 Å². The lowest BCUT2D eigenvalue weighted by Gasteiger charge is -2.27. The molecule has 6 heteroatoms. The maximum atomic E-state index is 13.6. The number of Topliss-reactive ketones (excluding diaryl/α,β-unsaturated/α-hetero) is 1. The maximum absolute atomic E-state index is 13.6. The minimum Gasteiger partial charge on any atom is -0.395 e. The first-order valence-electron chi connectivity index (χ1n) is 6.34. The molecule has 0 aliphatic carbocycles. The van der Waals surface area contributed by atoms with E-state index in [4.69, 9.17) is 9.84 Å². The van der Waals surface area contributed by atoms with Gasteiger partial charge in [-0.1, -0.05) is 0 Å². The van der Waals surface area contributed by atoms with Gasteiger partial charge in [0.2, 0.25) is 0 Å². The van der Waals surface area contributed by atoms with Crippen LogP contribution >= 0.6 is 0 Å². The van der Waals surface area contributed by atoms with Crippen molar-refractivity contribution < 1.29 is 23.4 Å². The lowest BCUT2D eigenvalue weighted by atomic mass is 10.0. The fraction of sp³-hybridized carbons (Fsp3) is 0.500. The molecule has 0 aromatic heterocycles. The topological polar surface area (TPSA) is 49.8 Å². The molecule has 0 fully saturated rings. The van der Waals surface area contributed by atoms with Crippen LogP contribution in [0.25, 0.3) is 0 Å². The van der Waals surface area contributed by atoms with Crippen LogP contribution in [0.2, 0.25) is 0 Å². The molecule has 1 rings (SSSR count). The summed E-state index contributed by atoms with van der Waals surface area (Å²) in [5, 5.41) is 9.01. The van der Waals surface area contributed by atoms with Gasteiger partial charge in [-0.05, 0) is 19.1 Å². The second kappa shape index (κ2) is 8.04. The fourth-order valence-corrected chi connectivity index (χ4v) is 1.92. The average Bonchev–Trinajstić information content (AvgIpc) is 2.42. The van der Waals surface area contributed by atoms with Gasteiger partial charge in [-0.15, -0.1) is 0 Å². The molecule has 0 aliphatic heterocycles. The Morgan fingerprint density at radius 2 is 2.10 bits per heavy atom. The lowest BCUT2D eigenvalue weighted by Crippen LogP contribution is -2.42. The number of ketones is 1. The van der Waals surface area contributed by atoms with Gasteiger partial charge in [0, 0.05) is 26.3 Å². The van der Waals surface area contributed by atoms with Crippen molar-refractivity contribution in [1.29, 1.82) is 0 Å². The molecule has 20 heavy (non-hydrogen) atoms. The minimum atomic E-state index is -0.877. The van der Waals surface area contributed by atoms with Gasteiger partial charge >= 0.3 is 0 Å². The molecule has 1 unspecified atom stereocenters. The molecule has 1 N–H and O–H groups in total. The molecule has 1 aromatic carbocycles. The summed E-state index contributed by atoms with van der Waals surface area (Å²) in [6, 6.07) is 2.24. The van der Waals surface area contributed by atoms with Crippen molar-refractivity contribution in [1.82, 2.24) is 4.90 Å². The number of hydrogen-bond donors (Lipinski definition) is 1. The molecule has 4 nitrogen and oxygen atoms in total. The van der Waals surface area contributed by atoms with E-state index in [0.717, 1.165) is 12.1 Å². The largest absolute Gasteiger partial charge is 0.395 e. The van der Waals surface area contributed by atoms with E-state index in [9.17, 15) is 13.6 Å². The summed E-state index contributed by atoms with van der Waals surface area (Å²) in [5.74, 6) is -2.05. The number of halogens is 2. The first-order chi connectivity index (χ1) is 9.51. The van der Waals surface area contributed by atoms with Crippen LogP contribution in [0.5, 0.6) is 0 Å². The van der Waals surface area contributed by atoms with Crippen LogP contribution in [0.3, 0.4) is 0 Å². The normalized spacial score (nSPS) is 12.7. The van der Waals surface area contributed by atoms with Crippen molar-refractivity contribution in [2.45, 2.75) is 13.0 Å². The predicted molar refractivity (Wildman–Crippen MR) is 70.7 cm³/mol. The molecule has 0 spiro atoms. The molecular weight excluding hydrogens is 268 g/mol. The number of benzene rings is 1. The molecule has 0 radical (unpaired) electrons. The van der Waals surface area contributed by atoms with Crippen LogP contribution in [0.4, 0.5) is 8.78 Å². The Kier molecular flexibility index (Phi) is 6.70. The van der Waals surface area contributed by atoms with Crippen LogP contribution in [0.15, 0.2) is 18.2 Å². The Morgan fingerprint density at radius 3 is 2.65 bits per heavy atom. The molecular formula is C14H19F2NO3. The van der Waals surface area contributed by atoms with Crippen molar-refractivity contribution in [2.24, 2.45) is 0 Å². The zero-order valence-electron chi connectivity index (χ0n) is 11.6. The zero-order chi connectivity index (χ0) is 15.1. The van der Waals surface area contributed by atoms with E-state index in [1.807, 2.05) is 0 Å². The van der Waals surface area contributed by atoms with Gasteiger partial charge in [0.25, 0.3) is 0 Å². The number of methoxy groups -OCH3 is 1. The SMILES string of the molecule is COCCN(CCO)C(C)C(=O)c1ccc(F)cc1F. The Labute approximate surface area is 117 Å². The highest BCUT2D eigenvalue weighted by Gasteiger charge is 2.24. The molecule has 0 saturated carbocycles.